The number of aliphatic hydroxyl groups is 3. The third kappa shape index (κ3) is 3.11. The topological polar surface area (TPSA) is 177 Å². The molecule has 0 aromatic carbocycles. The summed E-state index contributed by atoms with van der Waals surface area (Å²) >= 11 is 0. The molecule has 12 heteroatoms. The molecule has 1 fully saturated rings. The quantitative estimate of drug-likeness (QED) is 0.352. The highest BCUT2D eigenvalue weighted by atomic mass is 16.6. The molecule has 3 aromatic heterocycles. The molecule has 4 rings (SSSR count). The molecule has 0 bridgehead atoms. The number of aryl methyl sites for hydroxylation is 1. The number of ether oxygens (including phenoxy) is 1. The van der Waals surface area contributed by atoms with E-state index in [1.165, 1.54) is 17.2 Å². The largest absolute Gasteiger partial charge is 0.394 e. The first-order valence-electron chi connectivity index (χ1n) is 8.61. The number of hydrogen-bond acceptors (Lipinski definition) is 11. The molecule has 1 saturated heterocycles. The van der Waals surface area contributed by atoms with Gasteiger partial charge in [0.2, 0.25) is 0 Å². The van der Waals surface area contributed by atoms with Crippen LogP contribution < -0.4 is 11.1 Å². The van der Waals surface area contributed by atoms with Crippen LogP contribution in [0.2, 0.25) is 0 Å². The van der Waals surface area contributed by atoms with Crippen LogP contribution in [-0.4, -0.2) is 69.7 Å². The van der Waals surface area contributed by atoms with Crippen molar-refractivity contribution in [2.75, 3.05) is 17.7 Å². The van der Waals surface area contributed by atoms with Crippen molar-refractivity contribution in [1.82, 2.24) is 29.5 Å². The van der Waals surface area contributed by atoms with E-state index < -0.39 is 31.1 Å². The first kappa shape index (κ1) is 18.4. The van der Waals surface area contributed by atoms with Gasteiger partial charge in [0.15, 0.2) is 23.2 Å². The zero-order valence-electron chi connectivity index (χ0n) is 15.0. The third-order valence-electron chi connectivity index (χ3n) is 4.61. The molecular weight excluding hydrogens is 368 g/mol. The summed E-state index contributed by atoms with van der Waals surface area (Å²) in [5.74, 6) is 1.42. The summed E-state index contributed by atoms with van der Waals surface area (Å²) < 4.78 is 7.04. The van der Waals surface area contributed by atoms with Crippen LogP contribution in [0.5, 0.6) is 0 Å². The second-order valence-corrected chi connectivity index (χ2v) is 6.46. The molecule has 0 unspecified atom stereocenters. The van der Waals surface area contributed by atoms with Crippen LogP contribution in [0, 0.1) is 6.92 Å². The summed E-state index contributed by atoms with van der Waals surface area (Å²) in [5.41, 5.74) is 7.47. The molecule has 0 amide bonds. The zero-order valence-corrected chi connectivity index (χ0v) is 15.0. The second-order valence-electron chi connectivity index (χ2n) is 6.46. The molecule has 4 atom stereocenters. The lowest BCUT2D eigenvalue weighted by Gasteiger charge is -2.16. The number of nitrogens with one attached hydrogen (secondary N) is 1. The van der Waals surface area contributed by atoms with E-state index in [0.29, 0.717) is 40.7 Å². The summed E-state index contributed by atoms with van der Waals surface area (Å²) in [5, 5.41) is 32.6. The number of fused-ring (bicyclic) bond motifs is 1. The van der Waals surface area contributed by atoms with E-state index in [2.05, 4.69) is 30.2 Å². The molecule has 3 aromatic rings. The number of anilines is 2. The van der Waals surface area contributed by atoms with Gasteiger partial charge in [-0.1, -0.05) is 0 Å². The Morgan fingerprint density at radius 3 is 2.75 bits per heavy atom. The summed E-state index contributed by atoms with van der Waals surface area (Å²) in [6, 6.07) is 0. The molecule has 1 aliphatic rings. The van der Waals surface area contributed by atoms with Crippen LogP contribution in [0.3, 0.4) is 0 Å². The van der Waals surface area contributed by atoms with Crippen molar-refractivity contribution in [3.05, 3.63) is 30.2 Å². The molecular formula is C16H20N8O4. The summed E-state index contributed by atoms with van der Waals surface area (Å²) in [6.07, 6.45) is 0.165. The standard InChI is InChI=1S/C16H20N8O4/c1-7-18-2-8(13(17)23-7)3-19-14-10-15(21-5-20-14)24(6-22-10)16-12(27)11(26)9(4-25)28-16/h2,5-6,9,11-12,16,25-27H,3-4H2,1H3,(H2,17,18,23)(H,19,20,21)/t9-,11-,12-,16-/m1/s1. The molecule has 0 spiro atoms. The van der Waals surface area contributed by atoms with Gasteiger partial charge in [-0.15, -0.1) is 0 Å². The summed E-state index contributed by atoms with van der Waals surface area (Å²) in [7, 11) is 0. The Kier molecular flexibility index (Phi) is 4.77. The fourth-order valence-corrected chi connectivity index (χ4v) is 3.10. The number of nitrogens with zero attached hydrogens (tertiary/aromatic N) is 6. The maximum atomic E-state index is 10.2. The first-order chi connectivity index (χ1) is 13.5. The van der Waals surface area contributed by atoms with Gasteiger partial charge in [0.1, 0.15) is 36.3 Å². The fourth-order valence-electron chi connectivity index (χ4n) is 3.10. The molecule has 4 heterocycles. The molecule has 0 radical (unpaired) electrons. The third-order valence-corrected chi connectivity index (χ3v) is 4.61. The van der Waals surface area contributed by atoms with Crippen molar-refractivity contribution in [1.29, 1.82) is 0 Å². The van der Waals surface area contributed by atoms with Gasteiger partial charge in [0.05, 0.1) is 12.9 Å². The SMILES string of the molecule is Cc1ncc(CNc2ncnc3c2ncn3[C@@H]2O[C@H](CO)[C@@H](O)[C@H]2O)c(N)n1. The number of aliphatic hydroxyl groups excluding tert-OH is 3. The van der Waals surface area contributed by atoms with E-state index in [9.17, 15) is 15.3 Å². The molecule has 12 nitrogen and oxygen atoms in total. The average molecular weight is 388 g/mol. The predicted octanol–water partition coefficient (Wildman–Crippen LogP) is -1.27. The average Bonchev–Trinajstić information content (AvgIpc) is 3.23. The first-order valence-corrected chi connectivity index (χ1v) is 8.61. The van der Waals surface area contributed by atoms with Gasteiger partial charge < -0.3 is 31.1 Å². The summed E-state index contributed by atoms with van der Waals surface area (Å²) in [4.78, 5) is 21.0. The van der Waals surface area contributed by atoms with Crippen LogP contribution in [0.25, 0.3) is 11.2 Å². The van der Waals surface area contributed by atoms with Crippen LogP contribution in [0.1, 0.15) is 17.6 Å². The Balaban J connectivity index is 1.60. The Labute approximate surface area is 159 Å². The van der Waals surface area contributed by atoms with E-state index in [0.717, 1.165) is 0 Å². The van der Waals surface area contributed by atoms with Crippen molar-refractivity contribution < 1.29 is 20.1 Å². The Morgan fingerprint density at radius 2 is 2.04 bits per heavy atom. The van der Waals surface area contributed by atoms with Crippen LogP contribution in [0.15, 0.2) is 18.9 Å². The van der Waals surface area contributed by atoms with Gasteiger partial charge in [-0.2, -0.15) is 0 Å². The van der Waals surface area contributed by atoms with Crippen LogP contribution in [-0.2, 0) is 11.3 Å². The number of imidazole rings is 1. The van der Waals surface area contributed by atoms with Crippen molar-refractivity contribution in [3.8, 4) is 0 Å². The molecule has 6 N–H and O–H groups in total. The van der Waals surface area contributed by atoms with E-state index in [1.54, 1.807) is 13.1 Å². The fraction of sp³-hybridized carbons (Fsp3) is 0.438. The van der Waals surface area contributed by atoms with E-state index in [-0.39, 0.29) is 0 Å². The summed E-state index contributed by atoms with van der Waals surface area (Å²) in [6.45, 7) is 1.67. The number of nitrogen functional groups attached to an aromatic ring is 1. The van der Waals surface area contributed by atoms with E-state index >= 15 is 0 Å². The molecule has 148 valence electrons. The lowest BCUT2D eigenvalue weighted by Crippen LogP contribution is -2.33. The highest BCUT2D eigenvalue weighted by Crippen LogP contribution is 2.32. The molecule has 1 aliphatic heterocycles. The smallest absolute Gasteiger partial charge is 0.167 e. The number of nitrogens with two attached hydrogens (primary N) is 1. The Hall–Kier alpha value is -2.93. The van der Waals surface area contributed by atoms with Gasteiger partial charge >= 0.3 is 0 Å². The van der Waals surface area contributed by atoms with Gasteiger partial charge in [-0.25, -0.2) is 24.9 Å². The van der Waals surface area contributed by atoms with Crippen molar-refractivity contribution in [3.63, 3.8) is 0 Å². The minimum atomic E-state index is -1.23. The van der Waals surface area contributed by atoms with Crippen molar-refractivity contribution >= 4 is 22.8 Å². The van der Waals surface area contributed by atoms with Crippen molar-refractivity contribution in [2.24, 2.45) is 0 Å². The van der Waals surface area contributed by atoms with Gasteiger partial charge in [-0.3, -0.25) is 4.57 Å². The number of hydrogen-bond donors (Lipinski definition) is 5. The highest BCUT2D eigenvalue weighted by Gasteiger charge is 2.44. The van der Waals surface area contributed by atoms with E-state index in [4.69, 9.17) is 10.5 Å². The predicted molar refractivity (Wildman–Crippen MR) is 96.8 cm³/mol. The number of rotatable bonds is 5. The maximum Gasteiger partial charge on any atom is 0.167 e. The normalized spacial score (nSPS) is 24.7. The second kappa shape index (κ2) is 7.24. The maximum absolute atomic E-state index is 10.2. The van der Waals surface area contributed by atoms with Gasteiger partial charge in [-0.05, 0) is 6.92 Å². The Bertz CT molecular complexity index is 996. The minimum absolute atomic E-state index is 0.332. The molecule has 0 aliphatic carbocycles. The highest BCUT2D eigenvalue weighted by molar-refractivity contribution is 5.82. The monoisotopic (exact) mass is 388 g/mol. The van der Waals surface area contributed by atoms with Crippen LogP contribution >= 0.6 is 0 Å². The Morgan fingerprint density at radius 1 is 1.21 bits per heavy atom. The van der Waals surface area contributed by atoms with Gasteiger partial charge in [0, 0.05) is 18.3 Å². The minimum Gasteiger partial charge on any atom is -0.394 e. The lowest BCUT2D eigenvalue weighted by atomic mass is 10.1. The lowest BCUT2D eigenvalue weighted by molar-refractivity contribution is -0.0511. The number of aromatic nitrogens is 6. The zero-order chi connectivity index (χ0) is 19.8. The van der Waals surface area contributed by atoms with Gasteiger partial charge in [0.25, 0.3) is 0 Å². The van der Waals surface area contributed by atoms with Crippen molar-refractivity contribution in [2.45, 2.75) is 38.0 Å². The molecule has 28 heavy (non-hydrogen) atoms. The van der Waals surface area contributed by atoms with Crippen LogP contribution in [0.4, 0.5) is 11.6 Å². The van der Waals surface area contributed by atoms with E-state index in [1.807, 2.05) is 0 Å². The molecule has 0 saturated carbocycles.